The average Bonchev–Trinajstić information content (AvgIpc) is 2.45. The summed E-state index contributed by atoms with van der Waals surface area (Å²) in [6.07, 6.45) is 6.56. The van der Waals surface area contributed by atoms with Crippen molar-refractivity contribution >= 4 is 5.71 Å². The molecule has 0 atom stereocenters. The second kappa shape index (κ2) is 6.71. The second-order valence-corrected chi connectivity index (χ2v) is 4.44. The Labute approximate surface area is 109 Å². The van der Waals surface area contributed by atoms with Gasteiger partial charge in [0.1, 0.15) is 0 Å². The van der Waals surface area contributed by atoms with E-state index >= 15 is 0 Å². The van der Waals surface area contributed by atoms with Crippen LogP contribution in [0.25, 0.3) is 0 Å². The summed E-state index contributed by atoms with van der Waals surface area (Å²) in [5.41, 5.74) is 9.58. The molecule has 16 heavy (non-hydrogen) atoms. The van der Waals surface area contributed by atoms with Gasteiger partial charge in [0.2, 0.25) is 0 Å². The molecule has 2 nitrogen and oxygen atoms in total. The molecule has 3 heteroatoms. The van der Waals surface area contributed by atoms with E-state index in [2.05, 4.69) is 31.5 Å². The summed E-state index contributed by atoms with van der Waals surface area (Å²) in [5.74, 6) is 0.597. The molecular formula is C13H19CoN2-. The van der Waals surface area contributed by atoms with Gasteiger partial charge in [0.05, 0.1) is 0 Å². The fourth-order valence-electron chi connectivity index (χ4n) is 1.52. The van der Waals surface area contributed by atoms with Crippen molar-refractivity contribution in [2.75, 3.05) is 0 Å². The molecule has 0 saturated carbocycles. The third-order valence-corrected chi connectivity index (χ3v) is 2.10. The van der Waals surface area contributed by atoms with Gasteiger partial charge in [0.25, 0.3) is 0 Å². The van der Waals surface area contributed by atoms with Crippen LogP contribution in [0.4, 0.5) is 0 Å². The molecular weight excluding hydrogens is 243 g/mol. The third kappa shape index (κ3) is 4.37. The molecule has 1 rings (SSSR count). The van der Waals surface area contributed by atoms with E-state index in [1.807, 2.05) is 6.92 Å². The molecule has 1 heterocycles. The molecule has 0 bridgehead atoms. The van der Waals surface area contributed by atoms with Gasteiger partial charge in [-0.1, -0.05) is 25.1 Å². The number of aliphatic imine (C=N–C) groups is 1. The van der Waals surface area contributed by atoms with Gasteiger partial charge < -0.3 is 10.7 Å². The molecule has 1 radical (unpaired) electrons. The minimum Gasteiger partial charge on any atom is -0.455 e. The van der Waals surface area contributed by atoms with Crippen molar-refractivity contribution in [1.82, 2.24) is 0 Å². The van der Waals surface area contributed by atoms with Crippen LogP contribution in [-0.2, 0) is 16.8 Å². The number of nitrogens with zero attached hydrogens (tertiary/aromatic N) is 1. The van der Waals surface area contributed by atoms with E-state index in [9.17, 15) is 0 Å². The fraction of sp³-hybridized carbons (Fsp3) is 0.462. The molecule has 0 saturated heterocycles. The monoisotopic (exact) mass is 262 g/mol. The first-order valence-corrected chi connectivity index (χ1v) is 5.30. The summed E-state index contributed by atoms with van der Waals surface area (Å²) in [4.78, 5) is 4.53. The molecule has 0 spiro atoms. The normalized spacial score (nSPS) is 17.1. The van der Waals surface area contributed by atoms with Crippen LogP contribution < -0.4 is 5.73 Å². The molecule has 0 aliphatic carbocycles. The van der Waals surface area contributed by atoms with E-state index in [0.717, 1.165) is 35.4 Å². The molecule has 0 amide bonds. The molecule has 2 N–H and O–H groups in total. The average molecular weight is 262 g/mol. The molecule has 0 aromatic carbocycles. The first-order valence-electron chi connectivity index (χ1n) is 5.30. The maximum Gasteiger partial charge on any atom is 0 e. The summed E-state index contributed by atoms with van der Waals surface area (Å²) >= 11 is 0. The first-order chi connectivity index (χ1) is 7.02. The Hall–Kier alpha value is -0.804. The van der Waals surface area contributed by atoms with Crippen molar-refractivity contribution in [3.63, 3.8) is 0 Å². The van der Waals surface area contributed by atoms with Crippen LogP contribution >= 0.6 is 0 Å². The van der Waals surface area contributed by atoms with Crippen molar-refractivity contribution in [3.8, 4) is 0 Å². The Balaban J connectivity index is 0.00000225. The molecule has 0 fully saturated rings. The predicted octanol–water partition coefficient (Wildman–Crippen LogP) is 2.98. The van der Waals surface area contributed by atoms with E-state index in [1.54, 1.807) is 6.20 Å². The van der Waals surface area contributed by atoms with Gasteiger partial charge >= 0.3 is 0 Å². The Morgan fingerprint density at radius 2 is 2.19 bits per heavy atom. The van der Waals surface area contributed by atoms with E-state index in [1.165, 1.54) is 0 Å². The van der Waals surface area contributed by atoms with Gasteiger partial charge in [-0.2, -0.15) is 11.6 Å². The van der Waals surface area contributed by atoms with E-state index in [0.29, 0.717) is 5.92 Å². The van der Waals surface area contributed by atoms with Gasteiger partial charge in [0, 0.05) is 16.8 Å². The van der Waals surface area contributed by atoms with Crippen LogP contribution in [0.2, 0.25) is 0 Å². The molecule has 91 valence electrons. The predicted molar refractivity (Wildman–Crippen MR) is 65.3 cm³/mol. The smallest absolute Gasteiger partial charge is 0 e. The Morgan fingerprint density at radius 3 is 2.62 bits per heavy atom. The summed E-state index contributed by atoms with van der Waals surface area (Å²) in [7, 11) is 0. The number of allylic oxidation sites excluding steroid dienone is 4. The summed E-state index contributed by atoms with van der Waals surface area (Å²) < 4.78 is 0. The third-order valence-electron chi connectivity index (χ3n) is 2.10. The van der Waals surface area contributed by atoms with E-state index in [-0.39, 0.29) is 16.8 Å². The van der Waals surface area contributed by atoms with Gasteiger partial charge in [0.15, 0.2) is 0 Å². The van der Waals surface area contributed by atoms with Crippen LogP contribution in [0.1, 0.15) is 33.6 Å². The van der Waals surface area contributed by atoms with E-state index < -0.39 is 0 Å². The van der Waals surface area contributed by atoms with Crippen molar-refractivity contribution in [2.24, 2.45) is 16.6 Å². The van der Waals surface area contributed by atoms with Crippen LogP contribution in [0.15, 0.2) is 34.6 Å². The maximum atomic E-state index is 5.54. The topological polar surface area (TPSA) is 38.4 Å². The zero-order valence-electron chi connectivity index (χ0n) is 10.1. The van der Waals surface area contributed by atoms with Crippen LogP contribution in [0, 0.1) is 12.0 Å². The summed E-state index contributed by atoms with van der Waals surface area (Å²) in [5, 5.41) is 0. The molecule has 0 unspecified atom stereocenters. The minimum atomic E-state index is 0. The van der Waals surface area contributed by atoms with Crippen LogP contribution in [0.3, 0.4) is 0 Å². The van der Waals surface area contributed by atoms with Crippen LogP contribution in [-0.4, -0.2) is 5.71 Å². The number of hydrogen-bond acceptors (Lipinski definition) is 2. The Morgan fingerprint density at radius 1 is 1.56 bits per heavy atom. The molecule has 1 aliphatic rings. The zero-order chi connectivity index (χ0) is 11.4. The SMILES string of the molecule is C=C(C)CC1=NC(CC(C)C)=[C-]C1=CN.[Co]. The van der Waals surface area contributed by atoms with Crippen molar-refractivity contribution in [1.29, 1.82) is 0 Å². The quantitative estimate of drug-likeness (QED) is 0.614. The summed E-state index contributed by atoms with van der Waals surface area (Å²) in [6.45, 7) is 10.2. The number of hydrogen-bond donors (Lipinski definition) is 1. The zero-order valence-corrected chi connectivity index (χ0v) is 11.2. The number of nitrogens with two attached hydrogens (primary N) is 1. The van der Waals surface area contributed by atoms with Crippen molar-refractivity contribution < 1.29 is 16.8 Å². The first kappa shape index (κ1) is 15.2. The Bertz CT molecular complexity index is 349. The van der Waals surface area contributed by atoms with Crippen molar-refractivity contribution in [3.05, 3.63) is 35.7 Å². The molecule has 1 aliphatic heterocycles. The van der Waals surface area contributed by atoms with Crippen LogP contribution in [0.5, 0.6) is 0 Å². The van der Waals surface area contributed by atoms with Crippen molar-refractivity contribution in [2.45, 2.75) is 33.6 Å². The Kier molecular flexibility index (Phi) is 6.37. The largest absolute Gasteiger partial charge is 0.455 e. The maximum absolute atomic E-state index is 5.54. The summed E-state index contributed by atoms with van der Waals surface area (Å²) in [6, 6.07) is 0. The fourth-order valence-corrected chi connectivity index (χ4v) is 1.52. The van der Waals surface area contributed by atoms with Gasteiger partial charge in [-0.15, -0.1) is 12.8 Å². The standard InChI is InChI=1S/C13H19N2.Co/c1-9(2)5-12-7-11(8-14)13(15-12)6-10(3)4;/h8-9H,3,5-6,14H2,1-2,4H3;/q-1;. The van der Waals surface area contributed by atoms with Gasteiger partial charge in [-0.05, 0) is 31.4 Å². The number of rotatable bonds is 4. The molecule has 0 aromatic rings. The second-order valence-electron chi connectivity index (χ2n) is 4.44. The van der Waals surface area contributed by atoms with Gasteiger partial charge in [-0.3, -0.25) is 0 Å². The minimum absolute atomic E-state index is 0. The molecule has 0 aromatic heterocycles. The van der Waals surface area contributed by atoms with E-state index in [4.69, 9.17) is 5.73 Å². The van der Waals surface area contributed by atoms with Gasteiger partial charge in [-0.25, -0.2) is 0 Å².